The molecule has 1 aliphatic heterocycles. The zero-order valence-corrected chi connectivity index (χ0v) is 13.5. The van der Waals surface area contributed by atoms with Crippen molar-refractivity contribution in [1.29, 1.82) is 0 Å². The summed E-state index contributed by atoms with van der Waals surface area (Å²) in [6.45, 7) is 0.544. The predicted octanol–water partition coefficient (Wildman–Crippen LogP) is 1.37. The van der Waals surface area contributed by atoms with Crippen LogP contribution < -0.4 is 4.74 Å². The number of carboxylic acid groups (broad SMARTS) is 1. The number of aryl methyl sites for hydroxylation is 1. The summed E-state index contributed by atoms with van der Waals surface area (Å²) < 4.78 is 6.77. The van der Waals surface area contributed by atoms with Gasteiger partial charge in [-0.2, -0.15) is 5.10 Å². The Bertz CT molecular complexity index is 771. The molecule has 126 valence electrons. The standard InChI is InChI=1S/C17H19N3O4/c1-19-8-12(7-18-19)16(21)20-9-14(15(10-20)17(22)23)11-4-3-5-13(6-11)24-2/h3-8,14-15H,9-10H2,1-2H3,(H,22,23)/t14-,15+/m0/s1. The van der Waals surface area contributed by atoms with Crippen LogP contribution in [-0.2, 0) is 11.8 Å². The summed E-state index contributed by atoms with van der Waals surface area (Å²) in [6.07, 6.45) is 3.13. The van der Waals surface area contributed by atoms with Crippen molar-refractivity contribution in [2.45, 2.75) is 5.92 Å². The third-order valence-corrected chi connectivity index (χ3v) is 4.40. The van der Waals surface area contributed by atoms with Gasteiger partial charge >= 0.3 is 5.97 Å². The average Bonchev–Trinajstić information content (AvgIpc) is 3.21. The van der Waals surface area contributed by atoms with Crippen molar-refractivity contribution in [1.82, 2.24) is 14.7 Å². The number of rotatable bonds is 4. The predicted molar refractivity (Wildman–Crippen MR) is 86.0 cm³/mol. The molecule has 1 aromatic carbocycles. The summed E-state index contributed by atoms with van der Waals surface area (Å²) in [6, 6.07) is 7.35. The third-order valence-electron chi connectivity index (χ3n) is 4.40. The van der Waals surface area contributed by atoms with Gasteiger partial charge in [0.2, 0.25) is 0 Å². The van der Waals surface area contributed by atoms with E-state index in [1.54, 1.807) is 29.9 Å². The van der Waals surface area contributed by atoms with E-state index in [-0.39, 0.29) is 18.4 Å². The van der Waals surface area contributed by atoms with E-state index in [0.29, 0.717) is 17.9 Å². The normalized spacial score (nSPS) is 20.2. The van der Waals surface area contributed by atoms with Crippen molar-refractivity contribution in [3.8, 4) is 5.75 Å². The Balaban J connectivity index is 1.86. The van der Waals surface area contributed by atoms with Crippen LogP contribution in [0.25, 0.3) is 0 Å². The van der Waals surface area contributed by atoms with Gasteiger partial charge in [0.25, 0.3) is 5.91 Å². The SMILES string of the molecule is COc1cccc([C@@H]2CN(C(=O)c3cnn(C)c3)C[C@H]2C(=O)O)c1. The van der Waals surface area contributed by atoms with Crippen LogP contribution in [0.15, 0.2) is 36.7 Å². The smallest absolute Gasteiger partial charge is 0.308 e. The van der Waals surface area contributed by atoms with Gasteiger partial charge in [-0.15, -0.1) is 0 Å². The second-order valence-electron chi connectivity index (χ2n) is 5.94. The summed E-state index contributed by atoms with van der Waals surface area (Å²) in [5, 5.41) is 13.6. The fraction of sp³-hybridized carbons (Fsp3) is 0.353. The number of likely N-dealkylation sites (tertiary alicyclic amines) is 1. The van der Waals surface area contributed by atoms with Crippen LogP contribution in [0.1, 0.15) is 21.8 Å². The Hall–Kier alpha value is -2.83. The van der Waals surface area contributed by atoms with Crippen LogP contribution >= 0.6 is 0 Å². The molecule has 0 spiro atoms. The first kappa shape index (κ1) is 16.0. The van der Waals surface area contributed by atoms with Gasteiger partial charge in [-0.05, 0) is 17.7 Å². The molecule has 0 bridgehead atoms. The lowest BCUT2D eigenvalue weighted by Gasteiger charge is -2.16. The minimum absolute atomic E-state index is 0.185. The van der Waals surface area contributed by atoms with E-state index < -0.39 is 11.9 Å². The minimum atomic E-state index is -0.899. The fourth-order valence-corrected chi connectivity index (χ4v) is 3.14. The van der Waals surface area contributed by atoms with E-state index >= 15 is 0 Å². The summed E-state index contributed by atoms with van der Waals surface area (Å²) in [5.41, 5.74) is 1.33. The van der Waals surface area contributed by atoms with Crippen LogP contribution in [0, 0.1) is 5.92 Å². The second-order valence-corrected chi connectivity index (χ2v) is 5.94. The molecule has 0 aliphatic carbocycles. The number of carbonyl (C=O) groups is 2. The molecule has 1 aromatic heterocycles. The molecule has 0 radical (unpaired) electrons. The molecule has 2 heterocycles. The zero-order valence-electron chi connectivity index (χ0n) is 13.5. The second kappa shape index (κ2) is 6.35. The number of hydrogen-bond donors (Lipinski definition) is 1. The topological polar surface area (TPSA) is 84.7 Å². The Kier molecular flexibility index (Phi) is 4.24. The first-order valence-corrected chi connectivity index (χ1v) is 7.64. The maximum atomic E-state index is 12.6. The molecule has 0 unspecified atom stereocenters. The van der Waals surface area contributed by atoms with Gasteiger partial charge in [-0.25, -0.2) is 0 Å². The molecular formula is C17H19N3O4. The summed E-state index contributed by atoms with van der Waals surface area (Å²) in [5.74, 6) is -1.33. The minimum Gasteiger partial charge on any atom is -0.497 e. The fourth-order valence-electron chi connectivity index (χ4n) is 3.14. The number of aliphatic carboxylic acids is 1. The van der Waals surface area contributed by atoms with Crippen molar-refractivity contribution in [2.75, 3.05) is 20.2 Å². The lowest BCUT2D eigenvalue weighted by Crippen LogP contribution is -2.29. The number of benzene rings is 1. The van der Waals surface area contributed by atoms with Crippen molar-refractivity contribution in [3.05, 3.63) is 47.8 Å². The highest BCUT2D eigenvalue weighted by Gasteiger charge is 2.41. The molecule has 7 heteroatoms. The molecule has 1 fully saturated rings. The van der Waals surface area contributed by atoms with E-state index in [0.717, 1.165) is 5.56 Å². The summed E-state index contributed by atoms with van der Waals surface area (Å²) >= 11 is 0. The first-order chi connectivity index (χ1) is 11.5. The van der Waals surface area contributed by atoms with E-state index in [4.69, 9.17) is 4.74 Å². The van der Waals surface area contributed by atoms with Gasteiger partial charge in [-0.3, -0.25) is 14.3 Å². The van der Waals surface area contributed by atoms with Crippen molar-refractivity contribution < 1.29 is 19.4 Å². The molecular weight excluding hydrogens is 310 g/mol. The summed E-state index contributed by atoms with van der Waals surface area (Å²) in [4.78, 5) is 25.8. The van der Waals surface area contributed by atoms with Crippen molar-refractivity contribution in [2.24, 2.45) is 13.0 Å². The number of carbonyl (C=O) groups excluding carboxylic acids is 1. The molecule has 1 aliphatic rings. The Morgan fingerprint density at radius 1 is 1.33 bits per heavy atom. The Labute approximate surface area is 139 Å². The van der Waals surface area contributed by atoms with Gasteiger partial charge in [0, 0.05) is 32.3 Å². The highest BCUT2D eigenvalue weighted by Crippen LogP contribution is 2.35. The number of carboxylic acids is 1. The maximum absolute atomic E-state index is 12.6. The molecule has 0 saturated carbocycles. The van der Waals surface area contributed by atoms with E-state index in [1.807, 2.05) is 24.3 Å². The number of aromatic nitrogens is 2. The number of amides is 1. The van der Waals surface area contributed by atoms with Crippen LogP contribution in [0.4, 0.5) is 0 Å². The van der Waals surface area contributed by atoms with Crippen molar-refractivity contribution in [3.63, 3.8) is 0 Å². The molecule has 3 rings (SSSR count). The van der Waals surface area contributed by atoms with E-state index in [1.165, 1.54) is 6.20 Å². The van der Waals surface area contributed by atoms with Crippen LogP contribution in [0.3, 0.4) is 0 Å². The number of hydrogen-bond acceptors (Lipinski definition) is 4. The first-order valence-electron chi connectivity index (χ1n) is 7.64. The van der Waals surface area contributed by atoms with Gasteiger partial charge in [0.1, 0.15) is 5.75 Å². The molecule has 7 nitrogen and oxygen atoms in total. The van der Waals surface area contributed by atoms with Gasteiger partial charge in [0.15, 0.2) is 0 Å². The third kappa shape index (κ3) is 2.97. The van der Waals surface area contributed by atoms with Gasteiger partial charge < -0.3 is 14.7 Å². The van der Waals surface area contributed by atoms with Crippen LogP contribution in [0.5, 0.6) is 5.75 Å². The lowest BCUT2D eigenvalue weighted by molar-refractivity contribution is -0.141. The van der Waals surface area contributed by atoms with Gasteiger partial charge in [-0.1, -0.05) is 12.1 Å². The summed E-state index contributed by atoms with van der Waals surface area (Å²) in [7, 11) is 3.31. The van der Waals surface area contributed by atoms with Crippen molar-refractivity contribution >= 4 is 11.9 Å². The molecule has 2 atom stereocenters. The zero-order chi connectivity index (χ0) is 17.3. The van der Waals surface area contributed by atoms with E-state index in [2.05, 4.69) is 5.10 Å². The molecule has 1 saturated heterocycles. The Morgan fingerprint density at radius 2 is 2.12 bits per heavy atom. The average molecular weight is 329 g/mol. The van der Waals surface area contributed by atoms with Crippen LogP contribution in [-0.4, -0.2) is 51.9 Å². The highest BCUT2D eigenvalue weighted by molar-refractivity contribution is 5.94. The molecule has 1 N–H and O–H groups in total. The molecule has 2 aromatic rings. The maximum Gasteiger partial charge on any atom is 0.308 e. The largest absolute Gasteiger partial charge is 0.497 e. The molecule has 24 heavy (non-hydrogen) atoms. The number of ether oxygens (including phenoxy) is 1. The lowest BCUT2D eigenvalue weighted by atomic mass is 9.89. The highest BCUT2D eigenvalue weighted by atomic mass is 16.5. The molecule has 1 amide bonds. The van der Waals surface area contributed by atoms with E-state index in [9.17, 15) is 14.7 Å². The van der Waals surface area contributed by atoms with Crippen LogP contribution in [0.2, 0.25) is 0 Å². The van der Waals surface area contributed by atoms with Gasteiger partial charge in [0.05, 0.1) is 24.8 Å². The number of nitrogens with zero attached hydrogens (tertiary/aromatic N) is 3. The monoisotopic (exact) mass is 329 g/mol. The quantitative estimate of drug-likeness (QED) is 0.916. The number of methoxy groups -OCH3 is 1. The Morgan fingerprint density at radius 3 is 2.75 bits per heavy atom.